The average molecular weight is 526 g/mol. The van der Waals surface area contributed by atoms with Gasteiger partial charge in [-0.3, -0.25) is 9.59 Å². The molecule has 2 amide bonds. The topological polar surface area (TPSA) is 100 Å². The Bertz CT molecular complexity index is 1030. The highest BCUT2D eigenvalue weighted by atomic mass is 16.5. The van der Waals surface area contributed by atoms with E-state index in [0.29, 0.717) is 36.7 Å². The minimum absolute atomic E-state index is 0.0281. The highest BCUT2D eigenvalue weighted by molar-refractivity contribution is 6.00. The van der Waals surface area contributed by atoms with Gasteiger partial charge < -0.3 is 30.1 Å². The molecule has 0 fully saturated rings. The van der Waals surface area contributed by atoms with Gasteiger partial charge in [0.05, 0.1) is 36.8 Å². The summed E-state index contributed by atoms with van der Waals surface area (Å²) in [6.45, 7) is 7.45. The zero-order valence-corrected chi connectivity index (χ0v) is 23.1. The van der Waals surface area contributed by atoms with Gasteiger partial charge in [-0.25, -0.2) is 0 Å². The van der Waals surface area contributed by atoms with E-state index in [9.17, 15) is 14.7 Å². The van der Waals surface area contributed by atoms with Crippen molar-refractivity contribution < 1.29 is 24.2 Å². The van der Waals surface area contributed by atoms with E-state index in [2.05, 4.69) is 17.6 Å². The van der Waals surface area contributed by atoms with Gasteiger partial charge in [-0.05, 0) is 63.9 Å². The number of nitrogens with zero attached hydrogens (tertiary/aromatic N) is 1. The van der Waals surface area contributed by atoms with Gasteiger partial charge in [0, 0.05) is 31.3 Å². The third-order valence-corrected chi connectivity index (χ3v) is 6.95. The molecule has 0 aliphatic carbocycles. The molecule has 0 saturated heterocycles. The van der Waals surface area contributed by atoms with E-state index >= 15 is 0 Å². The molecule has 3 N–H and O–H groups in total. The minimum atomic E-state index is -0.408. The standard InChI is InChI=1S/C30H43N3O5/c1-21-19-33(22(2)20-34)30(36)26-17-25(32-29(35)16-24-11-6-5-7-12-24)13-14-27(26)38-23(3)10-8-9-15-37-28(21)18-31-4/h5-7,11-14,17,21-23,28,31,34H,8-10,15-16,18-20H2,1-4H3,(H,32,35)/t21-,22-,23-,28+/m1/s1. The molecule has 3 rings (SSSR count). The summed E-state index contributed by atoms with van der Waals surface area (Å²) < 4.78 is 12.4. The molecule has 0 aromatic heterocycles. The molecule has 8 nitrogen and oxygen atoms in total. The number of fused-ring (bicyclic) bond motifs is 1. The van der Waals surface area contributed by atoms with E-state index in [4.69, 9.17) is 9.47 Å². The van der Waals surface area contributed by atoms with Crippen LogP contribution < -0.4 is 15.4 Å². The number of aliphatic hydroxyl groups excluding tert-OH is 1. The molecule has 2 aromatic rings. The first kappa shape index (κ1) is 29.6. The normalized spacial score (nSPS) is 22.1. The maximum atomic E-state index is 14.0. The molecule has 0 radical (unpaired) electrons. The molecule has 0 unspecified atom stereocenters. The summed E-state index contributed by atoms with van der Waals surface area (Å²) in [7, 11) is 1.89. The van der Waals surface area contributed by atoms with Crippen LogP contribution in [0.5, 0.6) is 5.75 Å². The number of carbonyl (C=O) groups is 2. The molecular formula is C30H43N3O5. The van der Waals surface area contributed by atoms with Gasteiger partial charge in [0.15, 0.2) is 0 Å². The predicted molar refractivity (Wildman–Crippen MR) is 150 cm³/mol. The Labute approximate surface area is 226 Å². The van der Waals surface area contributed by atoms with Crippen molar-refractivity contribution in [1.29, 1.82) is 0 Å². The third kappa shape index (κ3) is 8.55. The number of anilines is 1. The number of aliphatic hydroxyl groups is 1. The van der Waals surface area contributed by atoms with Gasteiger partial charge in [0.25, 0.3) is 5.91 Å². The molecule has 2 aromatic carbocycles. The van der Waals surface area contributed by atoms with Gasteiger partial charge >= 0.3 is 0 Å². The fourth-order valence-corrected chi connectivity index (χ4v) is 4.68. The maximum absolute atomic E-state index is 14.0. The van der Waals surface area contributed by atoms with Crippen LogP contribution in [-0.4, -0.2) is 73.4 Å². The van der Waals surface area contributed by atoms with E-state index in [1.807, 2.05) is 51.2 Å². The Hall–Kier alpha value is -2.94. The van der Waals surface area contributed by atoms with Crippen LogP contribution in [0, 0.1) is 5.92 Å². The van der Waals surface area contributed by atoms with Crippen molar-refractivity contribution in [3.8, 4) is 5.75 Å². The SMILES string of the molecule is CNC[C@@H]1OCCCC[C@@H](C)Oc2ccc(NC(=O)Cc3ccccc3)cc2C(=O)N([C@H](C)CO)C[C@H]1C. The van der Waals surface area contributed by atoms with Crippen LogP contribution in [0.2, 0.25) is 0 Å². The highest BCUT2D eigenvalue weighted by Crippen LogP contribution is 2.28. The largest absolute Gasteiger partial charge is 0.490 e. The fourth-order valence-electron chi connectivity index (χ4n) is 4.68. The van der Waals surface area contributed by atoms with Crippen LogP contribution in [0.25, 0.3) is 0 Å². The van der Waals surface area contributed by atoms with Crippen LogP contribution in [0.4, 0.5) is 5.69 Å². The zero-order chi connectivity index (χ0) is 27.5. The predicted octanol–water partition coefficient (Wildman–Crippen LogP) is 3.88. The Kier molecular flexibility index (Phi) is 11.6. The number of ether oxygens (including phenoxy) is 2. The van der Waals surface area contributed by atoms with Crippen LogP contribution in [-0.2, 0) is 16.0 Å². The number of hydrogen-bond acceptors (Lipinski definition) is 6. The van der Waals surface area contributed by atoms with E-state index < -0.39 is 6.04 Å². The van der Waals surface area contributed by atoms with Crippen LogP contribution in [0.15, 0.2) is 48.5 Å². The second-order valence-electron chi connectivity index (χ2n) is 10.3. The number of carbonyl (C=O) groups excluding carboxylic acids is 2. The lowest BCUT2D eigenvalue weighted by molar-refractivity contribution is -0.115. The number of rotatable bonds is 7. The molecule has 38 heavy (non-hydrogen) atoms. The second-order valence-corrected chi connectivity index (χ2v) is 10.3. The Balaban J connectivity index is 1.93. The summed E-state index contributed by atoms with van der Waals surface area (Å²) in [4.78, 5) is 28.4. The molecule has 4 atom stereocenters. The summed E-state index contributed by atoms with van der Waals surface area (Å²) in [5.74, 6) is 0.0897. The smallest absolute Gasteiger partial charge is 0.258 e. The first-order valence-electron chi connectivity index (χ1n) is 13.6. The number of hydrogen-bond donors (Lipinski definition) is 3. The number of nitrogens with one attached hydrogen (secondary N) is 2. The van der Waals surface area contributed by atoms with Crippen molar-refractivity contribution in [3.05, 3.63) is 59.7 Å². The zero-order valence-electron chi connectivity index (χ0n) is 23.1. The van der Waals surface area contributed by atoms with E-state index in [1.54, 1.807) is 23.1 Å². The Morgan fingerprint density at radius 2 is 1.92 bits per heavy atom. The molecule has 208 valence electrons. The Morgan fingerprint density at radius 3 is 2.63 bits per heavy atom. The van der Waals surface area contributed by atoms with Crippen molar-refractivity contribution in [1.82, 2.24) is 10.2 Å². The average Bonchev–Trinajstić information content (AvgIpc) is 2.90. The van der Waals surface area contributed by atoms with Gasteiger partial charge in [0.1, 0.15) is 5.75 Å². The van der Waals surface area contributed by atoms with Crippen molar-refractivity contribution in [2.75, 3.05) is 38.7 Å². The maximum Gasteiger partial charge on any atom is 0.258 e. The van der Waals surface area contributed by atoms with Gasteiger partial charge in [-0.1, -0.05) is 37.3 Å². The van der Waals surface area contributed by atoms with E-state index in [0.717, 1.165) is 24.8 Å². The summed E-state index contributed by atoms with van der Waals surface area (Å²) in [6.07, 6.45) is 2.77. The lowest BCUT2D eigenvalue weighted by atomic mass is 10.0. The summed E-state index contributed by atoms with van der Waals surface area (Å²) in [5, 5.41) is 16.1. The first-order chi connectivity index (χ1) is 18.3. The number of amides is 2. The van der Waals surface area contributed by atoms with Gasteiger partial charge in [-0.2, -0.15) is 0 Å². The fraction of sp³-hybridized carbons (Fsp3) is 0.533. The van der Waals surface area contributed by atoms with Crippen LogP contribution in [0.1, 0.15) is 56.0 Å². The van der Waals surface area contributed by atoms with Gasteiger partial charge in [-0.15, -0.1) is 0 Å². The second kappa shape index (κ2) is 14.9. The lowest BCUT2D eigenvalue weighted by Crippen LogP contribution is -2.47. The summed E-state index contributed by atoms with van der Waals surface area (Å²) in [6, 6.07) is 14.3. The van der Waals surface area contributed by atoms with Crippen molar-refractivity contribution >= 4 is 17.5 Å². The molecule has 0 bridgehead atoms. The van der Waals surface area contributed by atoms with Crippen molar-refractivity contribution in [2.24, 2.45) is 5.92 Å². The number of likely N-dealkylation sites (N-methyl/N-ethyl adjacent to an activating group) is 1. The number of benzene rings is 2. The third-order valence-electron chi connectivity index (χ3n) is 6.95. The van der Waals surface area contributed by atoms with Crippen molar-refractivity contribution in [3.63, 3.8) is 0 Å². The van der Waals surface area contributed by atoms with Crippen LogP contribution in [0.3, 0.4) is 0 Å². The molecular weight excluding hydrogens is 482 g/mol. The first-order valence-corrected chi connectivity index (χ1v) is 13.6. The van der Waals surface area contributed by atoms with Crippen LogP contribution >= 0.6 is 0 Å². The van der Waals surface area contributed by atoms with Crippen molar-refractivity contribution in [2.45, 2.75) is 64.7 Å². The quantitative estimate of drug-likeness (QED) is 0.507. The van der Waals surface area contributed by atoms with E-state index in [1.165, 1.54) is 0 Å². The minimum Gasteiger partial charge on any atom is -0.490 e. The molecule has 1 aliphatic heterocycles. The van der Waals surface area contributed by atoms with Gasteiger partial charge in [0.2, 0.25) is 5.91 Å². The monoisotopic (exact) mass is 525 g/mol. The molecule has 1 aliphatic rings. The Morgan fingerprint density at radius 1 is 1.16 bits per heavy atom. The summed E-state index contributed by atoms with van der Waals surface area (Å²) >= 11 is 0. The summed E-state index contributed by atoms with van der Waals surface area (Å²) in [5.41, 5.74) is 1.80. The molecule has 0 saturated carbocycles. The molecule has 0 spiro atoms. The molecule has 1 heterocycles. The highest BCUT2D eigenvalue weighted by Gasteiger charge is 2.29. The van der Waals surface area contributed by atoms with E-state index in [-0.39, 0.29) is 43.0 Å². The molecule has 8 heteroatoms. The lowest BCUT2D eigenvalue weighted by Gasteiger charge is -2.34.